The van der Waals surface area contributed by atoms with Crippen LogP contribution in [0.1, 0.15) is 6.23 Å². The lowest BCUT2D eigenvalue weighted by Crippen LogP contribution is -2.36. The number of hydrogen-bond acceptors (Lipinski definition) is 7. The molecular weight excluding hydrogens is 267 g/mol. The number of aliphatic hydroxyl groups excluding tert-OH is 2. The number of nitrogens with zero attached hydrogens (tertiary/aromatic N) is 1. The van der Waals surface area contributed by atoms with Crippen molar-refractivity contribution in [2.75, 3.05) is 6.61 Å². The number of aromatic nitrogens is 2. The first-order valence-corrected chi connectivity index (χ1v) is 5.25. The van der Waals surface area contributed by atoms with Crippen LogP contribution in [0, 0.1) is 0 Å². The second kappa shape index (κ2) is 5.09. The van der Waals surface area contributed by atoms with E-state index < -0.39 is 48.2 Å². The lowest BCUT2D eigenvalue weighted by Gasteiger charge is -2.15. The quantitative estimate of drug-likeness (QED) is 0.370. The monoisotopic (exact) mass is 278 g/mol. The van der Waals surface area contributed by atoms with Crippen molar-refractivity contribution in [2.45, 2.75) is 24.6 Å². The summed E-state index contributed by atoms with van der Waals surface area (Å²) in [7, 11) is 0. The second-order valence-electron chi connectivity index (χ2n) is 3.93. The number of aliphatic hydroxyl groups is 2. The number of rotatable bonds is 3. The molecular formula is C9H11FN2O7. The largest absolute Gasteiger partial charge is 0.394 e. The number of H-pyrrole nitrogens is 1. The predicted molar refractivity (Wildman–Crippen MR) is 56.5 cm³/mol. The van der Waals surface area contributed by atoms with Gasteiger partial charge in [-0.15, -0.1) is 0 Å². The van der Waals surface area contributed by atoms with Crippen LogP contribution in [0.15, 0.2) is 15.8 Å². The molecule has 0 spiro atoms. The molecule has 0 bridgehead atoms. The van der Waals surface area contributed by atoms with Crippen LogP contribution in [-0.4, -0.2) is 50.0 Å². The van der Waals surface area contributed by atoms with E-state index in [1.807, 2.05) is 0 Å². The van der Waals surface area contributed by atoms with Gasteiger partial charge in [0.25, 0.3) is 5.56 Å². The highest BCUT2D eigenvalue weighted by molar-refractivity contribution is 5.12. The van der Waals surface area contributed by atoms with E-state index in [9.17, 15) is 19.1 Å². The number of alkyl halides is 1. The Kier molecular flexibility index (Phi) is 3.66. The smallest absolute Gasteiger partial charge is 0.330 e. The van der Waals surface area contributed by atoms with Crippen LogP contribution in [0.2, 0.25) is 0 Å². The first-order chi connectivity index (χ1) is 8.99. The lowest BCUT2D eigenvalue weighted by molar-refractivity contribution is -0.140. The van der Waals surface area contributed by atoms with Gasteiger partial charge in [0.1, 0.15) is 12.2 Å². The van der Waals surface area contributed by atoms with E-state index in [2.05, 4.69) is 4.89 Å². The SMILES string of the molecule is O=c1[nH]c(=O)n([C@@H]2O[C@H](CO)[C@@H](O)[C@@H]2F)cc1OO. The Morgan fingerprint density at radius 3 is 2.74 bits per heavy atom. The van der Waals surface area contributed by atoms with Crippen molar-refractivity contribution in [3.05, 3.63) is 27.0 Å². The fourth-order valence-electron chi connectivity index (χ4n) is 1.80. The van der Waals surface area contributed by atoms with Gasteiger partial charge in [-0.1, -0.05) is 0 Å². The molecule has 0 unspecified atom stereocenters. The maximum atomic E-state index is 13.8. The summed E-state index contributed by atoms with van der Waals surface area (Å²) in [5.41, 5.74) is -2.01. The maximum absolute atomic E-state index is 13.8. The summed E-state index contributed by atoms with van der Waals surface area (Å²) >= 11 is 0. The predicted octanol–water partition coefficient (Wildman–Crippen LogP) is -2.02. The molecule has 1 fully saturated rings. The zero-order valence-electron chi connectivity index (χ0n) is 9.39. The summed E-state index contributed by atoms with van der Waals surface area (Å²) in [6.07, 6.45) is -5.62. The van der Waals surface area contributed by atoms with Gasteiger partial charge < -0.3 is 19.8 Å². The molecule has 1 saturated heterocycles. The zero-order valence-corrected chi connectivity index (χ0v) is 9.39. The maximum Gasteiger partial charge on any atom is 0.330 e. The van der Waals surface area contributed by atoms with E-state index in [0.717, 1.165) is 6.20 Å². The average Bonchev–Trinajstić information content (AvgIpc) is 2.67. The van der Waals surface area contributed by atoms with Gasteiger partial charge in [0.15, 0.2) is 12.4 Å². The molecule has 0 amide bonds. The van der Waals surface area contributed by atoms with Crippen LogP contribution < -0.4 is 16.1 Å². The number of hydrogen-bond donors (Lipinski definition) is 4. The van der Waals surface area contributed by atoms with Gasteiger partial charge in [-0.2, -0.15) is 0 Å². The third-order valence-corrected chi connectivity index (χ3v) is 2.78. The Balaban J connectivity index is 2.43. The topological polar surface area (TPSA) is 134 Å². The van der Waals surface area contributed by atoms with Gasteiger partial charge >= 0.3 is 5.69 Å². The first-order valence-electron chi connectivity index (χ1n) is 5.25. The molecule has 0 saturated carbocycles. The summed E-state index contributed by atoms with van der Waals surface area (Å²) in [5.74, 6) is -0.641. The van der Waals surface area contributed by atoms with Crippen LogP contribution in [0.3, 0.4) is 0 Å². The molecule has 2 heterocycles. The van der Waals surface area contributed by atoms with Crippen molar-refractivity contribution in [3.8, 4) is 5.75 Å². The van der Waals surface area contributed by atoms with E-state index in [-0.39, 0.29) is 0 Å². The van der Waals surface area contributed by atoms with Crippen LogP contribution in [0.5, 0.6) is 5.75 Å². The van der Waals surface area contributed by atoms with Crippen LogP contribution in [0.25, 0.3) is 0 Å². The van der Waals surface area contributed by atoms with Gasteiger partial charge in [-0.25, -0.2) is 14.4 Å². The van der Waals surface area contributed by atoms with Gasteiger partial charge in [0, 0.05) is 0 Å². The van der Waals surface area contributed by atoms with Crippen molar-refractivity contribution in [2.24, 2.45) is 0 Å². The lowest BCUT2D eigenvalue weighted by atomic mass is 10.1. The van der Waals surface area contributed by atoms with Gasteiger partial charge in [0.05, 0.1) is 12.8 Å². The van der Waals surface area contributed by atoms with E-state index in [1.54, 1.807) is 4.98 Å². The van der Waals surface area contributed by atoms with Crippen LogP contribution in [-0.2, 0) is 4.74 Å². The summed E-state index contributed by atoms with van der Waals surface area (Å²) < 4.78 is 19.4. The van der Waals surface area contributed by atoms with Crippen molar-refractivity contribution < 1.29 is 29.5 Å². The summed E-state index contributed by atoms with van der Waals surface area (Å²) in [6, 6.07) is 0. The van der Waals surface area contributed by atoms with Gasteiger partial charge in [-0.05, 0) is 0 Å². The molecule has 19 heavy (non-hydrogen) atoms. The molecule has 0 radical (unpaired) electrons. The Hall–Kier alpha value is -1.75. The van der Waals surface area contributed by atoms with E-state index in [4.69, 9.17) is 15.1 Å². The fourth-order valence-corrected chi connectivity index (χ4v) is 1.80. The van der Waals surface area contributed by atoms with Crippen molar-refractivity contribution in [1.29, 1.82) is 0 Å². The molecule has 4 N–H and O–H groups in total. The highest BCUT2D eigenvalue weighted by Gasteiger charge is 2.45. The third-order valence-electron chi connectivity index (χ3n) is 2.78. The highest BCUT2D eigenvalue weighted by atomic mass is 19.1. The number of nitrogens with one attached hydrogen (secondary N) is 1. The molecule has 4 atom stereocenters. The molecule has 106 valence electrons. The van der Waals surface area contributed by atoms with Gasteiger partial charge in [0.2, 0.25) is 5.75 Å². The zero-order chi connectivity index (χ0) is 14.2. The van der Waals surface area contributed by atoms with Crippen LogP contribution in [0.4, 0.5) is 4.39 Å². The summed E-state index contributed by atoms with van der Waals surface area (Å²) in [4.78, 5) is 28.2. The Morgan fingerprint density at radius 1 is 1.53 bits per heavy atom. The third kappa shape index (κ3) is 2.26. The minimum Gasteiger partial charge on any atom is -0.394 e. The minimum atomic E-state index is -1.99. The number of ether oxygens (including phenoxy) is 1. The van der Waals surface area contributed by atoms with E-state index >= 15 is 0 Å². The molecule has 10 heteroatoms. The number of halogens is 1. The molecule has 1 aliphatic rings. The molecule has 9 nitrogen and oxygen atoms in total. The molecule has 0 aromatic carbocycles. The number of aromatic amines is 1. The van der Waals surface area contributed by atoms with Crippen molar-refractivity contribution in [1.82, 2.24) is 9.55 Å². The Labute approximate surface area is 104 Å². The van der Waals surface area contributed by atoms with Crippen molar-refractivity contribution in [3.63, 3.8) is 0 Å². The second-order valence-corrected chi connectivity index (χ2v) is 3.93. The van der Waals surface area contributed by atoms with Gasteiger partial charge in [-0.3, -0.25) is 14.3 Å². The standard InChI is InChI=1S/C9H11FN2O7/c10-5-6(14)4(2-13)18-8(5)12-1-3(19-17)7(15)11-9(12)16/h1,4-6,8,13-14,17H,2H2,(H,11,15,16)/t4-,5+,6-,8-/m1/s1. The molecule has 2 rings (SSSR count). The molecule has 1 aromatic rings. The summed E-state index contributed by atoms with van der Waals surface area (Å²) in [5, 5.41) is 26.7. The van der Waals surface area contributed by atoms with E-state index in [1.165, 1.54) is 0 Å². The Morgan fingerprint density at radius 2 is 2.21 bits per heavy atom. The molecule has 1 aromatic heterocycles. The highest BCUT2D eigenvalue weighted by Crippen LogP contribution is 2.30. The minimum absolute atomic E-state index is 0.608. The van der Waals surface area contributed by atoms with E-state index in [0.29, 0.717) is 4.57 Å². The average molecular weight is 278 g/mol. The fraction of sp³-hybridized carbons (Fsp3) is 0.556. The normalized spacial score (nSPS) is 30.5. The van der Waals surface area contributed by atoms with Crippen molar-refractivity contribution >= 4 is 0 Å². The summed E-state index contributed by atoms with van der Waals surface area (Å²) in [6.45, 7) is -0.639. The first kappa shape index (κ1) is 13.7. The van der Waals surface area contributed by atoms with Crippen LogP contribution >= 0.6 is 0 Å². The molecule has 0 aliphatic carbocycles. The Bertz CT molecular complexity index is 570. The molecule has 1 aliphatic heterocycles.